The summed E-state index contributed by atoms with van der Waals surface area (Å²) in [5, 5.41) is -0.208. The van der Waals surface area contributed by atoms with E-state index in [1.165, 1.54) is 11.8 Å². The lowest BCUT2D eigenvalue weighted by atomic mass is 9.73. The van der Waals surface area contributed by atoms with Crippen molar-refractivity contribution < 1.29 is 8.42 Å². The summed E-state index contributed by atoms with van der Waals surface area (Å²) in [6, 6.07) is 10.2. The molecule has 1 fully saturated rings. The van der Waals surface area contributed by atoms with Crippen LogP contribution in [0.15, 0.2) is 30.3 Å². The highest BCUT2D eigenvalue weighted by Crippen LogP contribution is 2.35. The highest BCUT2D eigenvalue weighted by molar-refractivity contribution is 7.91. The largest absolute Gasteiger partial charge is 0.325 e. The van der Waals surface area contributed by atoms with Crippen molar-refractivity contribution in [2.45, 2.75) is 49.8 Å². The van der Waals surface area contributed by atoms with E-state index in [9.17, 15) is 8.42 Å². The summed E-state index contributed by atoms with van der Waals surface area (Å²) in [5.74, 6) is 0.274. The maximum Gasteiger partial charge on any atom is 0.150 e. The van der Waals surface area contributed by atoms with Crippen molar-refractivity contribution in [2.24, 2.45) is 11.7 Å². The summed E-state index contributed by atoms with van der Waals surface area (Å²) in [6.45, 7) is 2.06. The topological polar surface area (TPSA) is 60.2 Å². The molecule has 112 valence electrons. The minimum atomic E-state index is -2.95. The van der Waals surface area contributed by atoms with Crippen LogP contribution in [-0.4, -0.2) is 25.5 Å². The summed E-state index contributed by atoms with van der Waals surface area (Å²) < 4.78 is 23.6. The van der Waals surface area contributed by atoms with Crippen LogP contribution >= 0.6 is 0 Å². The molecule has 20 heavy (non-hydrogen) atoms. The van der Waals surface area contributed by atoms with E-state index in [0.717, 1.165) is 25.7 Å². The van der Waals surface area contributed by atoms with Crippen LogP contribution in [0.4, 0.5) is 0 Å². The molecule has 1 aliphatic rings. The predicted octanol–water partition coefficient (Wildman–Crippen LogP) is 2.55. The van der Waals surface area contributed by atoms with Gasteiger partial charge >= 0.3 is 0 Å². The van der Waals surface area contributed by atoms with Gasteiger partial charge in [-0.3, -0.25) is 0 Å². The first-order valence-corrected chi connectivity index (χ1v) is 9.26. The Morgan fingerprint density at radius 1 is 1.25 bits per heavy atom. The summed E-state index contributed by atoms with van der Waals surface area (Å²) in [7, 11) is -2.95. The van der Waals surface area contributed by atoms with Crippen molar-refractivity contribution in [1.29, 1.82) is 0 Å². The van der Waals surface area contributed by atoms with Gasteiger partial charge in [-0.2, -0.15) is 0 Å². The number of hydrogen-bond donors (Lipinski definition) is 1. The van der Waals surface area contributed by atoms with Gasteiger partial charge in [-0.15, -0.1) is 0 Å². The smallest absolute Gasteiger partial charge is 0.150 e. The number of benzene rings is 1. The monoisotopic (exact) mass is 295 g/mol. The summed E-state index contributed by atoms with van der Waals surface area (Å²) in [5.41, 5.74) is 7.41. The Hall–Kier alpha value is -0.870. The van der Waals surface area contributed by atoms with Gasteiger partial charge in [0.2, 0.25) is 0 Å². The quantitative estimate of drug-likeness (QED) is 0.928. The van der Waals surface area contributed by atoms with Gasteiger partial charge in [0.1, 0.15) is 9.84 Å². The van der Waals surface area contributed by atoms with Crippen molar-refractivity contribution >= 4 is 9.84 Å². The first kappa shape index (κ1) is 15.5. The second-order valence-electron chi connectivity index (χ2n) is 6.48. The van der Waals surface area contributed by atoms with Gasteiger partial charge in [0, 0.05) is 11.8 Å². The molecular weight excluding hydrogens is 270 g/mol. The highest BCUT2D eigenvalue weighted by atomic mass is 32.2. The zero-order valence-electron chi connectivity index (χ0n) is 12.4. The van der Waals surface area contributed by atoms with E-state index in [4.69, 9.17) is 5.73 Å². The van der Waals surface area contributed by atoms with E-state index in [1.807, 2.05) is 18.2 Å². The lowest BCUT2D eigenvalue weighted by molar-refractivity contribution is 0.222. The van der Waals surface area contributed by atoms with Gasteiger partial charge in [-0.05, 0) is 44.1 Å². The van der Waals surface area contributed by atoms with Crippen LogP contribution < -0.4 is 5.73 Å². The highest BCUT2D eigenvalue weighted by Gasteiger charge is 2.37. The SMILES string of the molecule is CC(N)(Cc1ccccc1)C1CCCC(S(C)(=O)=O)C1. The second-order valence-corrected chi connectivity index (χ2v) is 8.81. The fraction of sp³-hybridized carbons (Fsp3) is 0.625. The molecule has 4 heteroatoms. The van der Waals surface area contributed by atoms with Crippen LogP contribution in [-0.2, 0) is 16.3 Å². The zero-order chi connectivity index (χ0) is 14.8. The van der Waals surface area contributed by atoms with Crippen LogP contribution in [0.25, 0.3) is 0 Å². The van der Waals surface area contributed by atoms with Gasteiger partial charge in [-0.25, -0.2) is 8.42 Å². The molecule has 3 unspecified atom stereocenters. The molecule has 2 N–H and O–H groups in total. The lowest BCUT2D eigenvalue weighted by Crippen LogP contribution is -2.49. The van der Waals surface area contributed by atoms with E-state index in [2.05, 4.69) is 19.1 Å². The number of hydrogen-bond acceptors (Lipinski definition) is 3. The zero-order valence-corrected chi connectivity index (χ0v) is 13.2. The summed E-state index contributed by atoms with van der Waals surface area (Å²) >= 11 is 0. The molecule has 2 rings (SSSR count). The van der Waals surface area contributed by atoms with E-state index in [0.29, 0.717) is 6.42 Å². The average Bonchev–Trinajstić information content (AvgIpc) is 2.38. The van der Waals surface area contributed by atoms with Gasteiger partial charge < -0.3 is 5.73 Å². The molecule has 0 spiro atoms. The second kappa shape index (κ2) is 5.86. The van der Waals surface area contributed by atoms with Crippen molar-refractivity contribution in [3.8, 4) is 0 Å². The van der Waals surface area contributed by atoms with Crippen molar-refractivity contribution in [1.82, 2.24) is 0 Å². The molecule has 0 aliphatic heterocycles. The molecule has 0 amide bonds. The molecule has 3 nitrogen and oxygen atoms in total. The molecule has 0 heterocycles. The minimum Gasteiger partial charge on any atom is -0.325 e. The summed E-state index contributed by atoms with van der Waals surface area (Å²) in [6.07, 6.45) is 5.64. The first-order valence-electron chi connectivity index (χ1n) is 7.31. The van der Waals surface area contributed by atoms with Crippen LogP contribution in [0.2, 0.25) is 0 Å². The van der Waals surface area contributed by atoms with Gasteiger partial charge in [0.25, 0.3) is 0 Å². The molecular formula is C16H25NO2S. The number of rotatable bonds is 4. The Bertz CT molecular complexity index is 537. The third-order valence-corrected chi connectivity index (χ3v) is 6.23. The van der Waals surface area contributed by atoms with Gasteiger partial charge in [0.15, 0.2) is 0 Å². The molecule has 1 saturated carbocycles. The molecule has 1 aromatic rings. The normalized spacial score (nSPS) is 26.9. The Labute approximate surface area is 122 Å². The number of nitrogens with two attached hydrogens (primary N) is 1. The van der Waals surface area contributed by atoms with Crippen molar-refractivity contribution in [2.75, 3.05) is 6.26 Å². The third kappa shape index (κ3) is 3.83. The summed E-state index contributed by atoms with van der Waals surface area (Å²) in [4.78, 5) is 0. The standard InChI is InChI=1S/C16H25NO2S/c1-16(17,12-13-7-4-3-5-8-13)14-9-6-10-15(11-14)20(2,18)19/h3-5,7-8,14-15H,6,9-12,17H2,1-2H3. The lowest BCUT2D eigenvalue weighted by Gasteiger charge is -2.39. The Morgan fingerprint density at radius 3 is 2.50 bits per heavy atom. The fourth-order valence-electron chi connectivity index (χ4n) is 3.31. The Morgan fingerprint density at radius 2 is 1.90 bits per heavy atom. The molecule has 0 saturated heterocycles. The maximum atomic E-state index is 11.8. The van der Waals surface area contributed by atoms with E-state index < -0.39 is 9.84 Å². The maximum absolute atomic E-state index is 11.8. The fourth-order valence-corrected chi connectivity index (χ4v) is 4.49. The minimum absolute atomic E-state index is 0.208. The third-order valence-electron chi connectivity index (χ3n) is 4.59. The van der Waals surface area contributed by atoms with Crippen LogP contribution in [0, 0.1) is 5.92 Å². The van der Waals surface area contributed by atoms with Crippen molar-refractivity contribution in [3.63, 3.8) is 0 Å². The van der Waals surface area contributed by atoms with Crippen LogP contribution in [0.5, 0.6) is 0 Å². The van der Waals surface area contributed by atoms with Crippen LogP contribution in [0.1, 0.15) is 38.2 Å². The number of sulfone groups is 1. The van der Waals surface area contributed by atoms with E-state index >= 15 is 0 Å². The molecule has 0 aromatic heterocycles. The van der Waals surface area contributed by atoms with Crippen molar-refractivity contribution in [3.05, 3.63) is 35.9 Å². The molecule has 3 atom stereocenters. The molecule has 1 aromatic carbocycles. The van der Waals surface area contributed by atoms with Gasteiger partial charge in [0.05, 0.1) is 5.25 Å². The van der Waals surface area contributed by atoms with E-state index in [-0.39, 0.29) is 16.7 Å². The van der Waals surface area contributed by atoms with Gasteiger partial charge in [-0.1, -0.05) is 36.8 Å². The average molecular weight is 295 g/mol. The Kier molecular flexibility index (Phi) is 4.55. The Balaban J connectivity index is 2.09. The van der Waals surface area contributed by atoms with Crippen LogP contribution in [0.3, 0.4) is 0 Å². The molecule has 0 radical (unpaired) electrons. The molecule has 1 aliphatic carbocycles. The predicted molar refractivity (Wildman–Crippen MR) is 83.3 cm³/mol. The molecule has 0 bridgehead atoms. The first-order chi connectivity index (χ1) is 9.29. The van der Waals surface area contributed by atoms with E-state index in [1.54, 1.807) is 0 Å².